The maximum absolute atomic E-state index is 15.6. The highest BCUT2D eigenvalue weighted by atomic mass is 19.1. The Bertz CT molecular complexity index is 891. The second-order valence-corrected chi connectivity index (χ2v) is 7.82. The van der Waals surface area contributed by atoms with E-state index in [2.05, 4.69) is 4.98 Å². The van der Waals surface area contributed by atoms with Gasteiger partial charge in [0.2, 0.25) is 5.60 Å². The first-order chi connectivity index (χ1) is 13.5. The molecule has 1 aliphatic carbocycles. The fourth-order valence-electron chi connectivity index (χ4n) is 3.43. The van der Waals surface area contributed by atoms with Crippen LogP contribution in [0.5, 0.6) is 0 Å². The molecular formula is C18H23F2N3O6. The number of alkyl halides is 2. The Hall–Kier alpha value is -2.56. The van der Waals surface area contributed by atoms with E-state index in [-0.39, 0.29) is 5.82 Å². The van der Waals surface area contributed by atoms with Crippen LogP contribution in [0.2, 0.25) is 0 Å². The van der Waals surface area contributed by atoms with Gasteiger partial charge in [0.25, 0.3) is 0 Å². The van der Waals surface area contributed by atoms with Crippen molar-refractivity contribution in [3.05, 3.63) is 22.7 Å². The number of ether oxygens (including phenoxy) is 3. The molecule has 9 nitrogen and oxygen atoms in total. The summed E-state index contributed by atoms with van der Waals surface area (Å²) >= 11 is 0. The lowest BCUT2D eigenvalue weighted by Crippen LogP contribution is -2.42. The molecule has 0 spiro atoms. The number of hydrogen-bond donors (Lipinski definition) is 1. The molecule has 2 fully saturated rings. The van der Waals surface area contributed by atoms with Crippen molar-refractivity contribution in [2.24, 2.45) is 11.8 Å². The molecule has 2 aliphatic rings. The predicted octanol–water partition coefficient (Wildman–Crippen LogP) is 0.920. The number of anilines is 1. The maximum atomic E-state index is 15.6. The summed E-state index contributed by atoms with van der Waals surface area (Å²) in [6.07, 6.45) is -4.18. The number of esters is 2. The number of nitrogens with two attached hydrogens (primary N) is 1. The summed E-state index contributed by atoms with van der Waals surface area (Å²) in [6, 6.07) is 1.24. The van der Waals surface area contributed by atoms with Crippen LogP contribution in [0.25, 0.3) is 0 Å². The summed E-state index contributed by atoms with van der Waals surface area (Å²) in [7, 11) is 0. The Morgan fingerprint density at radius 3 is 2.45 bits per heavy atom. The van der Waals surface area contributed by atoms with E-state index in [1.807, 2.05) is 0 Å². The lowest BCUT2D eigenvalue weighted by atomic mass is 10.1. The topological polar surface area (TPSA) is 123 Å². The fraction of sp³-hybridized carbons (Fsp3) is 0.667. The van der Waals surface area contributed by atoms with Gasteiger partial charge in [0.15, 0.2) is 24.1 Å². The number of halogens is 2. The van der Waals surface area contributed by atoms with Gasteiger partial charge >= 0.3 is 17.6 Å². The average Bonchev–Trinajstić information content (AvgIpc) is 3.08. The molecule has 3 rings (SSSR count). The van der Waals surface area contributed by atoms with Crippen LogP contribution in [0.4, 0.5) is 14.6 Å². The van der Waals surface area contributed by atoms with Crippen molar-refractivity contribution in [2.75, 3.05) is 12.4 Å². The number of carbonyl (C=O) groups is 2. The summed E-state index contributed by atoms with van der Waals surface area (Å²) in [5, 5.41) is 0. The van der Waals surface area contributed by atoms with E-state index in [9.17, 15) is 18.8 Å². The van der Waals surface area contributed by atoms with E-state index >= 15 is 4.39 Å². The standard InChI is InChI=1S/C18H23F2N3O6/c1-8(2)13(24)27-15-17(7-19)18(15,29-14(25)9(3)4)11(20)12(28-17)23-6-5-10(21)22-16(23)26/h5-6,8-9,11-12,15H,7H2,1-4H3,(H2,21,22,26)/t11-,12+,15?,17+,18+/m0/s1. The number of nitrogen functional groups attached to an aromatic ring is 1. The lowest BCUT2D eigenvalue weighted by Gasteiger charge is -2.25. The summed E-state index contributed by atoms with van der Waals surface area (Å²) < 4.78 is 46.7. The highest BCUT2D eigenvalue weighted by Gasteiger charge is 2.94. The van der Waals surface area contributed by atoms with Crippen LogP contribution in [-0.4, -0.2) is 51.6 Å². The molecule has 1 unspecified atom stereocenters. The van der Waals surface area contributed by atoms with Gasteiger partial charge in [-0.1, -0.05) is 27.7 Å². The third kappa shape index (κ3) is 2.98. The molecule has 0 bridgehead atoms. The minimum atomic E-state index is -2.21. The number of carbonyl (C=O) groups excluding carboxylic acids is 2. The quantitative estimate of drug-likeness (QED) is 0.681. The molecular weight excluding hydrogens is 392 g/mol. The van der Waals surface area contributed by atoms with Crippen molar-refractivity contribution in [3.8, 4) is 0 Å². The molecule has 0 amide bonds. The van der Waals surface area contributed by atoms with E-state index in [0.29, 0.717) is 0 Å². The van der Waals surface area contributed by atoms with Gasteiger partial charge in [0.1, 0.15) is 12.5 Å². The number of rotatable bonds is 6. The summed E-state index contributed by atoms with van der Waals surface area (Å²) in [4.78, 5) is 39.9. The molecule has 29 heavy (non-hydrogen) atoms. The monoisotopic (exact) mass is 415 g/mol. The molecule has 0 aromatic carbocycles. The largest absolute Gasteiger partial charge is 0.454 e. The van der Waals surface area contributed by atoms with Gasteiger partial charge in [-0.15, -0.1) is 0 Å². The van der Waals surface area contributed by atoms with Crippen molar-refractivity contribution < 1.29 is 32.6 Å². The Morgan fingerprint density at radius 1 is 1.31 bits per heavy atom. The summed E-state index contributed by atoms with van der Waals surface area (Å²) in [5.41, 5.74) is 0.240. The number of hydrogen-bond acceptors (Lipinski definition) is 8. The molecule has 2 heterocycles. The Kier molecular flexibility index (Phi) is 5.14. The molecule has 0 radical (unpaired) electrons. The zero-order valence-electron chi connectivity index (χ0n) is 16.4. The van der Waals surface area contributed by atoms with Crippen LogP contribution in [0.15, 0.2) is 17.1 Å². The molecule has 160 valence electrons. The summed E-state index contributed by atoms with van der Waals surface area (Å²) in [6.45, 7) is 4.82. The van der Waals surface area contributed by atoms with E-state index < -0.39 is 65.8 Å². The Morgan fingerprint density at radius 2 is 1.93 bits per heavy atom. The molecule has 2 N–H and O–H groups in total. The van der Waals surface area contributed by atoms with Crippen LogP contribution in [0, 0.1) is 11.8 Å². The zero-order chi connectivity index (χ0) is 21.7. The van der Waals surface area contributed by atoms with Gasteiger partial charge in [0.05, 0.1) is 11.8 Å². The van der Waals surface area contributed by atoms with Crippen LogP contribution in [-0.2, 0) is 23.8 Å². The van der Waals surface area contributed by atoms with Crippen molar-refractivity contribution in [1.29, 1.82) is 0 Å². The number of aromatic nitrogens is 2. The van der Waals surface area contributed by atoms with Crippen LogP contribution in [0.1, 0.15) is 33.9 Å². The fourth-order valence-corrected chi connectivity index (χ4v) is 3.43. The van der Waals surface area contributed by atoms with Gasteiger partial charge in [-0.3, -0.25) is 14.2 Å². The zero-order valence-corrected chi connectivity index (χ0v) is 16.4. The first-order valence-electron chi connectivity index (χ1n) is 9.17. The van der Waals surface area contributed by atoms with Gasteiger partial charge in [0, 0.05) is 6.20 Å². The molecule has 1 saturated carbocycles. The highest BCUT2D eigenvalue weighted by Crippen LogP contribution is 2.67. The van der Waals surface area contributed by atoms with Crippen molar-refractivity contribution in [1.82, 2.24) is 9.55 Å². The van der Waals surface area contributed by atoms with E-state index in [0.717, 1.165) is 10.8 Å². The molecule has 1 aromatic heterocycles. The van der Waals surface area contributed by atoms with Gasteiger partial charge in [-0.2, -0.15) is 4.98 Å². The summed E-state index contributed by atoms with van der Waals surface area (Å²) in [5.74, 6) is -2.87. The SMILES string of the molecule is CC(C)C(=O)OC1[C@@]2(CF)O[C@@H](n3ccc(N)nc3=O)[C@H](F)[C@@]12OC(=O)C(C)C. The second kappa shape index (κ2) is 7.05. The third-order valence-electron chi connectivity index (χ3n) is 5.15. The maximum Gasteiger partial charge on any atom is 0.351 e. The van der Waals surface area contributed by atoms with Crippen molar-refractivity contribution >= 4 is 17.8 Å². The van der Waals surface area contributed by atoms with E-state index in [1.54, 1.807) is 13.8 Å². The van der Waals surface area contributed by atoms with Crippen molar-refractivity contribution in [3.63, 3.8) is 0 Å². The third-order valence-corrected chi connectivity index (χ3v) is 5.15. The molecule has 1 aliphatic heterocycles. The molecule has 1 saturated heterocycles. The predicted molar refractivity (Wildman–Crippen MR) is 95.0 cm³/mol. The number of fused-ring (bicyclic) bond motifs is 1. The van der Waals surface area contributed by atoms with Crippen LogP contribution in [0.3, 0.4) is 0 Å². The molecule has 5 atom stereocenters. The van der Waals surface area contributed by atoms with E-state index in [1.165, 1.54) is 19.9 Å². The Labute approximate surface area is 165 Å². The second-order valence-electron chi connectivity index (χ2n) is 7.82. The minimum absolute atomic E-state index is 0.0882. The first kappa shape index (κ1) is 21.2. The van der Waals surface area contributed by atoms with Crippen molar-refractivity contribution in [2.45, 2.75) is 57.4 Å². The van der Waals surface area contributed by atoms with Gasteiger partial charge in [-0.25, -0.2) is 13.6 Å². The number of nitrogens with zero attached hydrogens (tertiary/aromatic N) is 2. The normalized spacial score (nSPS) is 32.9. The highest BCUT2D eigenvalue weighted by molar-refractivity contribution is 5.75. The smallest absolute Gasteiger partial charge is 0.351 e. The molecule has 11 heteroatoms. The minimum Gasteiger partial charge on any atom is -0.454 e. The first-order valence-corrected chi connectivity index (χ1v) is 9.17. The molecule has 1 aromatic rings. The Balaban J connectivity index is 2.02. The van der Waals surface area contributed by atoms with Gasteiger partial charge < -0.3 is 19.9 Å². The van der Waals surface area contributed by atoms with E-state index in [4.69, 9.17) is 19.9 Å². The average molecular weight is 415 g/mol. The lowest BCUT2D eigenvalue weighted by molar-refractivity contribution is -0.172. The van der Waals surface area contributed by atoms with Gasteiger partial charge in [-0.05, 0) is 6.07 Å². The van der Waals surface area contributed by atoms with Crippen LogP contribution < -0.4 is 11.4 Å². The van der Waals surface area contributed by atoms with Crippen LogP contribution >= 0.6 is 0 Å².